The molecule has 102 valence electrons. The third-order valence-corrected chi connectivity index (χ3v) is 2.81. The van der Waals surface area contributed by atoms with Crippen molar-refractivity contribution in [1.29, 1.82) is 0 Å². The lowest BCUT2D eigenvalue weighted by molar-refractivity contribution is 0.117. The summed E-state index contributed by atoms with van der Waals surface area (Å²) in [5.74, 6) is 1.29. The molecule has 5 nitrogen and oxygen atoms in total. The SMILES string of the molecule is Cn1ccc(NCC(O)COc2ccccc2Cl)n1. The molecule has 0 saturated heterocycles. The number of ether oxygens (including phenoxy) is 1. The Balaban J connectivity index is 1.76. The van der Waals surface area contributed by atoms with Crippen LogP contribution in [0.4, 0.5) is 5.82 Å². The summed E-state index contributed by atoms with van der Waals surface area (Å²) >= 11 is 5.95. The molecule has 0 aliphatic heterocycles. The number of para-hydroxylation sites is 1. The highest BCUT2D eigenvalue weighted by atomic mass is 35.5. The van der Waals surface area contributed by atoms with Gasteiger partial charge in [0.1, 0.15) is 24.3 Å². The second kappa shape index (κ2) is 6.45. The van der Waals surface area contributed by atoms with Crippen LogP contribution in [-0.2, 0) is 7.05 Å². The molecular weight excluding hydrogens is 266 g/mol. The van der Waals surface area contributed by atoms with Gasteiger partial charge in [-0.05, 0) is 12.1 Å². The maximum atomic E-state index is 9.80. The zero-order valence-corrected chi connectivity index (χ0v) is 11.3. The minimum Gasteiger partial charge on any atom is -0.489 e. The molecular formula is C13H16ClN3O2. The van der Waals surface area contributed by atoms with Crippen LogP contribution in [0.15, 0.2) is 36.5 Å². The average Bonchev–Trinajstić information content (AvgIpc) is 2.81. The number of nitrogens with zero attached hydrogens (tertiary/aromatic N) is 2. The molecule has 2 rings (SSSR count). The molecule has 1 unspecified atom stereocenters. The summed E-state index contributed by atoms with van der Waals surface area (Å²) in [4.78, 5) is 0. The fourth-order valence-corrected chi connectivity index (χ4v) is 1.73. The lowest BCUT2D eigenvalue weighted by atomic mass is 10.3. The van der Waals surface area contributed by atoms with E-state index in [0.717, 1.165) is 5.82 Å². The molecule has 2 aromatic rings. The smallest absolute Gasteiger partial charge is 0.148 e. The number of aromatic nitrogens is 2. The first kappa shape index (κ1) is 13.7. The van der Waals surface area contributed by atoms with Crippen LogP contribution in [0.3, 0.4) is 0 Å². The van der Waals surface area contributed by atoms with Crippen molar-refractivity contribution >= 4 is 17.4 Å². The van der Waals surface area contributed by atoms with E-state index in [4.69, 9.17) is 16.3 Å². The van der Waals surface area contributed by atoms with Gasteiger partial charge in [-0.3, -0.25) is 4.68 Å². The van der Waals surface area contributed by atoms with Crippen molar-refractivity contribution in [2.24, 2.45) is 7.05 Å². The number of aryl methyl sites for hydroxylation is 1. The number of hydrogen-bond donors (Lipinski definition) is 2. The highest BCUT2D eigenvalue weighted by Crippen LogP contribution is 2.23. The minimum absolute atomic E-state index is 0.170. The number of hydrogen-bond acceptors (Lipinski definition) is 4. The van der Waals surface area contributed by atoms with Crippen molar-refractivity contribution in [1.82, 2.24) is 9.78 Å². The molecule has 0 aliphatic rings. The van der Waals surface area contributed by atoms with Crippen molar-refractivity contribution < 1.29 is 9.84 Å². The van der Waals surface area contributed by atoms with Crippen molar-refractivity contribution in [3.63, 3.8) is 0 Å². The first-order valence-corrected chi connectivity index (χ1v) is 6.32. The number of benzene rings is 1. The number of anilines is 1. The summed E-state index contributed by atoms with van der Waals surface area (Å²) in [6.07, 6.45) is 1.19. The predicted molar refractivity (Wildman–Crippen MR) is 74.7 cm³/mol. The van der Waals surface area contributed by atoms with E-state index in [0.29, 0.717) is 17.3 Å². The maximum absolute atomic E-state index is 9.80. The monoisotopic (exact) mass is 281 g/mol. The number of rotatable bonds is 6. The van der Waals surface area contributed by atoms with E-state index in [1.54, 1.807) is 16.8 Å². The number of aliphatic hydroxyl groups is 1. The van der Waals surface area contributed by atoms with Gasteiger partial charge in [0.25, 0.3) is 0 Å². The molecule has 0 bridgehead atoms. The molecule has 6 heteroatoms. The third kappa shape index (κ3) is 4.15. The molecule has 0 fully saturated rings. The minimum atomic E-state index is -0.640. The van der Waals surface area contributed by atoms with Gasteiger partial charge in [-0.25, -0.2) is 0 Å². The third-order valence-electron chi connectivity index (χ3n) is 2.50. The van der Waals surface area contributed by atoms with Gasteiger partial charge in [0, 0.05) is 25.9 Å². The van der Waals surface area contributed by atoms with Crippen LogP contribution in [0.25, 0.3) is 0 Å². The lowest BCUT2D eigenvalue weighted by Crippen LogP contribution is -2.26. The average molecular weight is 282 g/mol. The van der Waals surface area contributed by atoms with E-state index in [1.807, 2.05) is 31.4 Å². The largest absolute Gasteiger partial charge is 0.489 e. The van der Waals surface area contributed by atoms with Gasteiger partial charge in [-0.2, -0.15) is 5.10 Å². The molecule has 2 N–H and O–H groups in total. The van der Waals surface area contributed by atoms with Gasteiger partial charge < -0.3 is 15.2 Å². The number of nitrogens with one attached hydrogen (secondary N) is 1. The summed E-state index contributed by atoms with van der Waals surface area (Å²) in [6.45, 7) is 0.533. The van der Waals surface area contributed by atoms with Crippen LogP contribution in [0.1, 0.15) is 0 Å². The van der Waals surface area contributed by atoms with Crippen LogP contribution in [0, 0.1) is 0 Å². The van der Waals surface area contributed by atoms with Crippen LogP contribution in [-0.4, -0.2) is 34.1 Å². The van der Waals surface area contributed by atoms with E-state index in [2.05, 4.69) is 10.4 Å². The molecule has 0 radical (unpaired) electrons. The Bertz CT molecular complexity index is 530. The van der Waals surface area contributed by atoms with E-state index >= 15 is 0 Å². The zero-order chi connectivity index (χ0) is 13.7. The highest BCUT2D eigenvalue weighted by molar-refractivity contribution is 6.32. The van der Waals surface area contributed by atoms with Crippen LogP contribution >= 0.6 is 11.6 Å². The Hall–Kier alpha value is -1.72. The highest BCUT2D eigenvalue weighted by Gasteiger charge is 2.07. The predicted octanol–water partition coefficient (Wildman–Crippen LogP) is 1.93. The van der Waals surface area contributed by atoms with Crippen molar-refractivity contribution in [3.8, 4) is 5.75 Å². The van der Waals surface area contributed by atoms with Gasteiger partial charge in [0.15, 0.2) is 0 Å². The Morgan fingerprint density at radius 2 is 2.21 bits per heavy atom. The normalized spacial score (nSPS) is 12.2. The Labute approximate surface area is 116 Å². The summed E-state index contributed by atoms with van der Waals surface area (Å²) in [7, 11) is 1.84. The van der Waals surface area contributed by atoms with E-state index < -0.39 is 6.10 Å². The van der Waals surface area contributed by atoms with Gasteiger partial charge in [0.05, 0.1) is 5.02 Å². The van der Waals surface area contributed by atoms with Crippen LogP contribution in [0.2, 0.25) is 5.02 Å². The standard InChI is InChI=1S/C13H16ClN3O2/c1-17-7-6-13(16-17)15-8-10(18)9-19-12-5-3-2-4-11(12)14/h2-7,10,18H,8-9H2,1H3,(H,15,16). The topological polar surface area (TPSA) is 59.3 Å². The second-order valence-corrected chi connectivity index (χ2v) is 4.56. The summed E-state index contributed by atoms with van der Waals surface area (Å²) < 4.78 is 7.13. The lowest BCUT2D eigenvalue weighted by Gasteiger charge is -2.13. The molecule has 0 spiro atoms. The first-order valence-electron chi connectivity index (χ1n) is 5.94. The molecule has 0 saturated carbocycles. The summed E-state index contributed by atoms with van der Waals surface area (Å²) in [5.41, 5.74) is 0. The quantitative estimate of drug-likeness (QED) is 0.849. The Kier molecular flexibility index (Phi) is 4.65. The van der Waals surface area contributed by atoms with Crippen LogP contribution in [0.5, 0.6) is 5.75 Å². The van der Waals surface area contributed by atoms with E-state index in [-0.39, 0.29) is 6.61 Å². The van der Waals surface area contributed by atoms with Crippen molar-refractivity contribution in [2.75, 3.05) is 18.5 Å². The molecule has 0 amide bonds. The summed E-state index contributed by atoms with van der Waals surface area (Å²) in [6, 6.07) is 9.01. The van der Waals surface area contributed by atoms with Gasteiger partial charge in [0.2, 0.25) is 0 Å². The van der Waals surface area contributed by atoms with Crippen molar-refractivity contribution in [3.05, 3.63) is 41.6 Å². The second-order valence-electron chi connectivity index (χ2n) is 4.15. The van der Waals surface area contributed by atoms with Crippen LogP contribution < -0.4 is 10.1 Å². The Morgan fingerprint density at radius 1 is 1.42 bits per heavy atom. The molecule has 1 atom stereocenters. The van der Waals surface area contributed by atoms with Gasteiger partial charge in [-0.1, -0.05) is 23.7 Å². The maximum Gasteiger partial charge on any atom is 0.148 e. The number of halogens is 1. The van der Waals surface area contributed by atoms with Gasteiger partial charge in [-0.15, -0.1) is 0 Å². The van der Waals surface area contributed by atoms with Gasteiger partial charge >= 0.3 is 0 Å². The molecule has 1 aromatic heterocycles. The fraction of sp³-hybridized carbons (Fsp3) is 0.308. The summed E-state index contributed by atoms with van der Waals surface area (Å²) in [5, 5.41) is 17.5. The fourth-order valence-electron chi connectivity index (χ4n) is 1.54. The zero-order valence-electron chi connectivity index (χ0n) is 10.6. The molecule has 0 aliphatic carbocycles. The van der Waals surface area contributed by atoms with Crippen molar-refractivity contribution in [2.45, 2.75) is 6.10 Å². The van der Waals surface area contributed by atoms with E-state index in [1.165, 1.54) is 0 Å². The number of aliphatic hydroxyl groups excluding tert-OH is 1. The molecule has 19 heavy (non-hydrogen) atoms. The molecule has 1 heterocycles. The molecule has 1 aromatic carbocycles. The van der Waals surface area contributed by atoms with E-state index in [9.17, 15) is 5.11 Å². The Morgan fingerprint density at radius 3 is 2.89 bits per heavy atom. The first-order chi connectivity index (χ1) is 9.15.